The SMILES string of the molecule is CCN1CCN(c2cc3c(cc2F)c(=O)c(-c2nn4c(-c5cn(C6CC6)c6cc(N7CCN(CC)CC7)c(F)cc6c5=O)nnc4s2)cn3C2CC2)CC1. The topological polar surface area (TPSA) is 100 Å². The molecule has 6 aromatic rings. The summed E-state index contributed by atoms with van der Waals surface area (Å²) in [6.45, 7) is 12.6. The monoisotopic (exact) mass is 752 g/mol. The maximum Gasteiger partial charge on any atom is 0.235 e. The summed E-state index contributed by atoms with van der Waals surface area (Å²) in [4.78, 5) is 37.6. The molecule has 2 saturated heterocycles. The summed E-state index contributed by atoms with van der Waals surface area (Å²) in [6.07, 6.45) is 7.53. The van der Waals surface area contributed by atoms with Crippen LogP contribution in [-0.2, 0) is 0 Å². The van der Waals surface area contributed by atoms with E-state index in [9.17, 15) is 9.59 Å². The number of halogens is 2. The molecule has 0 atom stereocenters. The number of pyridine rings is 2. The highest BCUT2D eigenvalue weighted by molar-refractivity contribution is 7.19. The molecule has 0 N–H and O–H groups in total. The van der Waals surface area contributed by atoms with Gasteiger partial charge in [0.05, 0.1) is 33.5 Å². The molecule has 10 rings (SSSR count). The lowest BCUT2D eigenvalue weighted by molar-refractivity contribution is 0.270. The molecular formula is C39H42F2N10O2S. The minimum absolute atomic E-state index is 0.192. The van der Waals surface area contributed by atoms with Crippen molar-refractivity contribution < 1.29 is 8.78 Å². The minimum atomic E-state index is -0.419. The Bertz CT molecular complexity index is 2570. The quantitative estimate of drug-likeness (QED) is 0.203. The highest BCUT2D eigenvalue weighted by Gasteiger charge is 2.31. The summed E-state index contributed by atoms with van der Waals surface area (Å²) < 4.78 is 37.3. The van der Waals surface area contributed by atoms with Crippen molar-refractivity contribution in [2.75, 3.05) is 75.2 Å². The van der Waals surface area contributed by atoms with Crippen molar-refractivity contribution >= 4 is 49.5 Å². The predicted octanol–water partition coefficient (Wildman–Crippen LogP) is 5.38. The second-order valence-electron chi connectivity index (χ2n) is 15.1. The third kappa shape index (κ3) is 5.61. The molecule has 0 unspecified atom stereocenters. The molecule has 0 radical (unpaired) electrons. The molecule has 2 saturated carbocycles. The Hall–Kier alpha value is -4.73. The molecule has 15 heteroatoms. The second-order valence-corrected chi connectivity index (χ2v) is 16.1. The van der Waals surface area contributed by atoms with E-state index in [0.717, 1.165) is 96.6 Å². The zero-order valence-electron chi connectivity index (χ0n) is 30.5. The van der Waals surface area contributed by atoms with Crippen molar-refractivity contribution in [3.63, 3.8) is 0 Å². The number of benzene rings is 2. The summed E-state index contributed by atoms with van der Waals surface area (Å²) in [6, 6.07) is 6.84. The Morgan fingerprint density at radius 3 is 1.63 bits per heavy atom. The number of anilines is 2. The van der Waals surface area contributed by atoms with Gasteiger partial charge in [0.2, 0.25) is 10.4 Å². The van der Waals surface area contributed by atoms with Crippen molar-refractivity contribution in [3.05, 3.63) is 68.7 Å². The van der Waals surface area contributed by atoms with Crippen molar-refractivity contribution in [1.29, 1.82) is 0 Å². The van der Waals surface area contributed by atoms with E-state index in [1.54, 1.807) is 0 Å². The lowest BCUT2D eigenvalue weighted by atomic mass is 10.1. The number of hydrogen-bond acceptors (Lipinski definition) is 10. The fraction of sp³-hybridized carbons (Fsp3) is 0.462. The maximum absolute atomic E-state index is 15.8. The molecule has 2 aromatic carbocycles. The number of aromatic nitrogens is 6. The third-order valence-corrected chi connectivity index (χ3v) is 12.8. The molecule has 0 spiro atoms. The number of nitrogens with zero attached hydrogens (tertiary/aromatic N) is 10. The first-order valence-corrected chi connectivity index (χ1v) is 20.1. The molecule has 54 heavy (non-hydrogen) atoms. The smallest absolute Gasteiger partial charge is 0.235 e. The van der Waals surface area contributed by atoms with Gasteiger partial charge in [-0.1, -0.05) is 25.2 Å². The number of piperazine rings is 2. The molecule has 4 fully saturated rings. The molecule has 2 aliphatic carbocycles. The number of likely N-dealkylation sites (N-methyl/N-ethyl adjacent to an activating group) is 2. The van der Waals surface area contributed by atoms with Gasteiger partial charge in [0.1, 0.15) is 11.6 Å². The Morgan fingerprint density at radius 1 is 0.667 bits per heavy atom. The Labute approximate surface area is 313 Å². The molecule has 6 heterocycles. The average molecular weight is 753 g/mol. The normalized spacial score (nSPS) is 18.9. The van der Waals surface area contributed by atoms with Crippen LogP contribution in [0.1, 0.15) is 51.6 Å². The average Bonchev–Trinajstić information content (AvgIpc) is 4.13. The van der Waals surface area contributed by atoms with E-state index >= 15 is 8.78 Å². The molecule has 280 valence electrons. The summed E-state index contributed by atoms with van der Waals surface area (Å²) >= 11 is 1.20. The van der Waals surface area contributed by atoms with Gasteiger partial charge in [-0.15, -0.1) is 10.2 Å². The molecule has 12 nitrogen and oxygen atoms in total. The Morgan fingerprint density at radius 2 is 1.15 bits per heavy atom. The van der Waals surface area contributed by atoms with Crippen LogP contribution >= 0.6 is 11.3 Å². The predicted molar refractivity (Wildman–Crippen MR) is 208 cm³/mol. The summed E-state index contributed by atoms with van der Waals surface area (Å²) in [5, 5.41) is 14.6. The van der Waals surface area contributed by atoms with Crippen LogP contribution in [0.15, 0.2) is 46.2 Å². The number of fused-ring (bicyclic) bond motifs is 3. The molecule has 0 bridgehead atoms. The summed E-state index contributed by atoms with van der Waals surface area (Å²) in [5.74, 6) is -0.594. The zero-order chi connectivity index (χ0) is 36.8. The van der Waals surface area contributed by atoms with Crippen LogP contribution < -0.4 is 20.7 Å². The first kappa shape index (κ1) is 33.8. The van der Waals surface area contributed by atoms with Crippen LogP contribution in [-0.4, -0.2) is 104 Å². The van der Waals surface area contributed by atoms with Crippen LogP contribution in [0.4, 0.5) is 20.2 Å². The lowest BCUT2D eigenvalue weighted by Crippen LogP contribution is -2.46. The van der Waals surface area contributed by atoms with Gasteiger partial charge >= 0.3 is 0 Å². The standard InChI is InChI=1S/C39H42F2N10O2S/c1-3-45-9-13-47(14-10-45)33-19-31-25(17-29(33)40)35(52)27(21-49(31)23-5-6-23)37-42-43-39-51(37)44-38(54-39)28-22-50(24-7-8-24)32-20-34(30(41)18-26(32)36(28)53)48-15-11-46(4-2)12-16-48/h17-24H,3-16H2,1-2H3. The summed E-state index contributed by atoms with van der Waals surface area (Å²) in [5.41, 5.74) is 2.44. The molecule has 2 aliphatic heterocycles. The van der Waals surface area contributed by atoms with E-state index in [1.165, 1.54) is 28.0 Å². The molecule has 4 aliphatic rings. The van der Waals surface area contributed by atoms with Crippen molar-refractivity contribution in [2.24, 2.45) is 0 Å². The van der Waals surface area contributed by atoms with Crippen molar-refractivity contribution in [1.82, 2.24) is 38.7 Å². The minimum Gasteiger partial charge on any atom is -0.367 e. The van der Waals surface area contributed by atoms with E-state index in [4.69, 9.17) is 5.10 Å². The highest BCUT2D eigenvalue weighted by atomic mass is 32.1. The second kappa shape index (κ2) is 12.9. The maximum atomic E-state index is 15.8. The van der Waals surface area contributed by atoms with Gasteiger partial charge in [-0.25, -0.2) is 8.78 Å². The third-order valence-electron chi connectivity index (χ3n) is 11.9. The van der Waals surface area contributed by atoms with Crippen LogP contribution in [0.3, 0.4) is 0 Å². The largest absolute Gasteiger partial charge is 0.367 e. The Kier molecular flexibility index (Phi) is 8.11. The highest BCUT2D eigenvalue weighted by Crippen LogP contribution is 2.41. The van der Waals surface area contributed by atoms with E-state index in [0.29, 0.717) is 37.8 Å². The van der Waals surface area contributed by atoms with Crippen molar-refractivity contribution in [2.45, 2.75) is 51.6 Å². The van der Waals surface area contributed by atoms with Crippen LogP contribution in [0.25, 0.3) is 48.7 Å². The fourth-order valence-electron chi connectivity index (χ4n) is 8.33. The van der Waals surface area contributed by atoms with Crippen LogP contribution in [0, 0.1) is 11.6 Å². The van der Waals surface area contributed by atoms with Crippen molar-refractivity contribution in [3.8, 4) is 22.0 Å². The van der Waals surface area contributed by atoms with Gasteiger partial charge in [-0.2, -0.15) is 9.61 Å². The van der Waals surface area contributed by atoms with Gasteiger partial charge in [-0.3, -0.25) is 9.59 Å². The molecular weight excluding hydrogens is 711 g/mol. The molecule has 0 amide bonds. The fourth-order valence-corrected chi connectivity index (χ4v) is 9.17. The first-order chi connectivity index (χ1) is 26.3. The van der Waals surface area contributed by atoms with Gasteiger partial charge in [0.25, 0.3) is 0 Å². The first-order valence-electron chi connectivity index (χ1n) is 19.2. The van der Waals surface area contributed by atoms with E-state index in [-0.39, 0.29) is 39.7 Å². The van der Waals surface area contributed by atoms with E-state index in [2.05, 4.69) is 52.8 Å². The van der Waals surface area contributed by atoms with Gasteiger partial charge in [0, 0.05) is 87.6 Å². The van der Waals surface area contributed by atoms with E-state index < -0.39 is 11.6 Å². The van der Waals surface area contributed by atoms with E-state index in [1.807, 2.05) is 24.5 Å². The number of rotatable bonds is 8. The van der Waals surface area contributed by atoms with Gasteiger partial charge in [0.15, 0.2) is 16.3 Å². The zero-order valence-corrected chi connectivity index (χ0v) is 31.3. The molecule has 4 aromatic heterocycles. The van der Waals surface area contributed by atoms with Crippen LogP contribution in [0.2, 0.25) is 0 Å². The van der Waals surface area contributed by atoms with Crippen LogP contribution in [0.5, 0.6) is 0 Å². The number of hydrogen-bond donors (Lipinski definition) is 0. The lowest BCUT2D eigenvalue weighted by Gasteiger charge is -2.35. The van der Waals surface area contributed by atoms with Gasteiger partial charge < -0.3 is 28.7 Å². The van der Waals surface area contributed by atoms with Gasteiger partial charge in [-0.05, 0) is 63.0 Å². The summed E-state index contributed by atoms with van der Waals surface area (Å²) in [7, 11) is 0. The Balaban J connectivity index is 1.05.